The summed E-state index contributed by atoms with van der Waals surface area (Å²) in [5.41, 5.74) is 2.16. The highest BCUT2D eigenvalue weighted by atomic mass is 16.3. The molecule has 2 aromatic heterocycles. The molecule has 2 heterocycles. The Morgan fingerprint density at radius 1 is 1.40 bits per heavy atom. The smallest absolute Gasteiger partial charge is 0.152 e. The molecule has 0 spiro atoms. The zero-order valence-electron chi connectivity index (χ0n) is 12.3. The van der Waals surface area contributed by atoms with Crippen molar-refractivity contribution in [2.45, 2.75) is 39.7 Å². The predicted molar refractivity (Wildman–Crippen MR) is 79.2 cm³/mol. The van der Waals surface area contributed by atoms with Gasteiger partial charge >= 0.3 is 0 Å². The van der Waals surface area contributed by atoms with Crippen LogP contribution < -0.4 is 5.32 Å². The van der Waals surface area contributed by atoms with Crippen LogP contribution in [0.2, 0.25) is 0 Å². The van der Waals surface area contributed by atoms with Gasteiger partial charge in [-0.3, -0.25) is 5.10 Å². The van der Waals surface area contributed by atoms with Crippen molar-refractivity contribution in [3.05, 3.63) is 29.7 Å². The zero-order chi connectivity index (χ0) is 13.9. The Kier molecular flexibility index (Phi) is 3.92. The number of hydrogen-bond donors (Lipinski definition) is 2. The first-order chi connectivity index (χ1) is 9.74. The van der Waals surface area contributed by atoms with Gasteiger partial charge in [0.2, 0.25) is 0 Å². The molecule has 1 fully saturated rings. The second-order valence-corrected chi connectivity index (χ2v) is 5.98. The van der Waals surface area contributed by atoms with E-state index in [0.717, 1.165) is 42.1 Å². The summed E-state index contributed by atoms with van der Waals surface area (Å²) in [4.78, 5) is 0. The van der Waals surface area contributed by atoms with E-state index in [4.69, 9.17) is 4.42 Å². The van der Waals surface area contributed by atoms with Crippen molar-refractivity contribution in [1.82, 2.24) is 15.5 Å². The molecule has 0 aromatic carbocycles. The Hall–Kier alpha value is -1.55. The highest BCUT2D eigenvalue weighted by molar-refractivity contribution is 5.56. The van der Waals surface area contributed by atoms with E-state index in [2.05, 4.69) is 22.4 Å². The van der Waals surface area contributed by atoms with Gasteiger partial charge in [0.25, 0.3) is 0 Å². The average molecular weight is 273 g/mol. The second-order valence-electron chi connectivity index (χ2n) is 5.98. The van der Waals surface area contributed by atoms with Crippen LogP contribution in [0, 0.1) is 18.8 Å². The molecule has 0 saturated heterocycles. The van der Waals surface area contributed by atoms with Gasteiger partial charge in [-0.2, -0.15) is 5.10 Å². The van der Waals surface area contributed by atoms with E-state index in [9.17, 15) is 0 Å². The number of aromatic nitrogens is 2. The first kappa shape index (κ1) is 13.4. The van der Waals surface area contributed by atoms with Crippen LogP contribution in [0.25, 0.3) is 11.5 Å². The topological polar surface area (TPSA) is 53.9 Å². The third kappa shape index (κ3) is 2.80. The lowest BCUT2D eigenvalue weighted by molar-refractivity contribution is 0.392. The fraction of sp³-hybridized carbons (Fsp3) is 0.562. The van der Waals surface area contributed by atoms with Crippen molar-refractivity contribution in [1.29, 1.82) is 0 Å². The third-order valence-electron chi connectivity index (χ3n) is 4.47. The van der Waals surface area contributed by atoms with Crippen molar-refractivity contribution in [2.75, 3.05) is 6.54 Å². The van der Waals surface area contributed by atoms with Crippen LogP contribution in [0.5, 0.6) is 0 Å². The largest absolute Gasteiger partial charge is 0.460 e. The van der Waals surface area contributed by atoms with Crippen molar-refractivity contribution in [3.63, 3.8) is 0 Å². The van der Waals surface area contributed by atoms with Gasteiger partial charge in [-0.05, 0) is 43.9 Å². The van der Waals surface area contributed by atoms with Gasteiger partial charge < -0.3 is 9.73 Å². The Balaban J connectivity index is 1.60. The van der Waals surface area contributed by atoms with Crippen LogP contribution in [0.1, 0.15) is 37.5 Å². The van der Waals surface area contributed by atoms with Crippen LogP contribution >= 0.6 is 0 Å². The minimum absolute atomic E-state index is 0.830. The Morgan fingerprint density at radius 2 is 2.30 bits per heavy atom. The van der Waals surface area contributed by atoms with E-state index >= 15 is 0 Å². The molecule has 1 saturated carbocycles. The molecule has 4 nitrogen and oxygen atoms in total. The van der Waals surface area contributed by atoms with E-state index in [-0.39, 0.29) is 0 Å². The summed E-state index contributed by atoms with van der Waals surface area (Å²) in [5.74, 6) is 3.48. The number of furan rings is 1. The molecule has 2 N–H and O–H groups in total. The van der Waals surface area contributed by atoms with E-state index in [1.54, 1.807) is 0 Å². The molecule has 0 bridgehead atoms. The fourth-order valence-electron chi connectivity index (χ4n) is 3.15. The first-order valence-corrected chi connectivity index (χ1v) is 7.54. The number of hydrogen-bond acceptors (Lipinski definition) is 3. The minimum atomic E-state index is 0.830. The standard InChI is InChI=1S/C16H23N3O/c1-11-4-3-5-13(11)8-17-9-14-10-18-19-16(14)15-7-6-12(2)20-15/h6-7,10-11,13,17H,3-5,8-9H2,1-2H3,(H,18,19). The number of H-pyrrole nitrogens is 1. The summed E-state index contributed by atoms with van der Waals surface area (Å²) in [7, 11) is 0. The van der Waals surface area contributed by atoms with Crippen molar-refractivity contribution >= 4 is 0 Å². The number of nitrogens with one attached hydrogen (secondary N) is 2. The van der Waals surface area contributed by atoms with Gasteiger partial charge in [0.1, 0.15) is 11.5 Å². The molecule has 2 atom stereocenters. The van der Waals surface area contributed by atoms with Crippen LogP contribution in [0.15, 0.2) is 22.7 Å². The average Bonchev–Trinajstić information content (AvgIpc) is 3.12. The van der Waals surface area contributed by atoms with Crippen molar-refractivity contribution in [3.8, 4) is 11.5 Å². The summed E-state index contributed by atoms with van der Waals surface area (Å²) in [6, 6.07) is 3.97. The molecule has 2 unspecified atom stereocenters. The highest BCUT2D eigenvalue weighted by Gasteiger charge is 2.22. The molecular formula is C16H23N3O. The van der Waals surface area contributed by atoms with Crippen LogP contribution in [0.3, 0.4) is 0 Å². The quantitative estimate of drug-likeness (QED) is 0.876. The molecule has 1 aliphatic rings. The van der Waals surface area contributed by atoms with E-state index in [0.29, 0.717) is 0 Å². The lowest BCUT2D eigenvalue weighted by atomic mass is 9.98. The number of aromatic amines is 1. The van der Waals surface area contributed by atoms with Gasteiger partial charge in [-0.25, -0.2) is 0 Å². The molecule has 4 heteroatoms. The zero-order valence-corrected chi connectivity index (χ0v) is 12.3. The van der Waals surface area contributed by atoms with Gasteiger partial charge in [-0.15, -0.1) is 0 Å². The Morgan fingerprint density at radius 3 is 3.00 bits per heavy atom. The summed E-state index contributed by atoms with van der Waals surface area (Å²) in [5, 5.41) is 10.8. The summed E-state index contributed by atoms with van der Waals surface area (Å²) in [6.07, 6.45) is 6.02. The minimum Gasteiger partial charge on any atom is -0.460 e. The normalized spacial score (nSPS) is 22.5. The molecule has 0 radical (unpaired) electrons. The van der Waals surface area contributed by atoms with Gasteiger partial charge in [0.15, 0.2) is 5.76 Å². The van der Waals surface area contributed by atoms with Gasteiger partial charge in [-0.1, -0.05) is 19.8 Å². The van der Waals surface area contributed by atoms with Crippen LogP contribution in [0.4, 0.5) is 0 Å². The lowest BCUT2D eigenvalue weighted by Crippen LogP contribution is -2.24. The van der Waals surface area contributed by atoms with Crippen molar-refractivity contribution in [2.24, 2.45) is 11.8 Å². The monoisotopic (exact) mass is 273 g/mol. The lowest BCUT2D eigenvalue weighted by Gasteiger charge is -2.15. The molecule has 3 rings (SSSR count). The Labute approximate surface area is 120 Å². The maximum atomic E-state index is 5.67. The maximum Gasteiger partial charge on any atom is 0.152 e. The third-order valence-corrected chi connectivity index (χ3v) is 4.47. The van der Waals surface area contributed by atoms with E-state index in [1.807, 2.05) is 25.3 Å². The van der Waals surface area contributed by atoms with Gasteiger partial charge in [0, 0.05) is 12.1 Å². The summed E-state index contributed by atoms with van der Waals surface area (Å²) in [6.45, 7) is 6.27. The SMILES string of the molecule is Cc1ccc(-c2[nH]ncc2CNCC2CCCC2C)o1. The number of aryl methyl sites for hydroxylation is 1. The summed E-state index contributed by atoms with van der Waals surface area (Å²) >= 11 is 0. The van der Waals surface area contributed by atoms with Crippen molar-refractivity contribution < 1.29 is 4.42 Å². The number of rotatable bonds is 5. The van der Waals surface area contributed by atoms with Crippen LogP contribution in [-0.2, 0) is 6.54 Å². The molecule has 0 amide bonds. The van der Waals surface area contributed by atoms with E-state index in [1.165, 1.54) is 24.8 Å². The first-order valence-electron chi connectivity index (χ1n) is 7.54. The highest BCUT2D eigenvalue weighted by Crippen LogP contribution is 2.30. The molecule has 0 aliphatic heterocycles. The molecule has 108 valence electrons. The van der Waals surface area contributed by atoms with Crippen LogP contribution in [-0.4, -0.2) is 16.7 Å². The summed E-state index contributed by atoms with van der Waals surface area (Å²) < 4.78 is 5.67. The second kappa shape index (κ2) is 5.83. The number of nitrogens with zero attached hydrogens (tertiary/aromatic N) is 1. The van der Waals surface area contributed by atoms with E-state index < -0.39 is 0 Å². The molecular weight excluding hydrogens is 250 g/mol. The molecule has 1 aliphatic carbocycles. The molecule has 20 heavy (non-hydrogen) atoms. The Bertz CT molecular complexity index is 558. The maximum absolute atomic E-state index is 5.67. The predicted octanol–water partition coefficient (Wildman–Crippen LogP) is 3.50. The fourth-order valence-corrected chi connectivity index (χ4v) is 3.15. The van der Waals surface area contributed by atoms with Gasteiger partial charge in [0.05, 0.1) is 6.20 Å². The molecule has 2 aromatic rings.